The van der Waals surface area contributed by atoms with Crippen molar-refractivity contribution in [2.45, 2.75) is 19.5 Å². The summed E-state index contributed by atoms with van der Waals surface area (Å²) in [4.78, 5) is 13.5. The van der Waals surface area contributed by atoms with Crippen LogP contribution in [0.4, 0.5) is 0 Å². The molecule has 0 fully saturated rings. The Kier molecular flexibility index (Phi) is 4.52. The van der Waals surface area contributed by atoms with Gasteiger partial charge in [-0.05, 0) is 19.1 Å². The second-order valence-electron chi connectivity index (χ2n) is 3.69. The number of carbonyl (C=O) groups excluding carboxylic acids is 1. The highest BCUT2D eigenvalue weighted by atomic mass is 16.5. The maximum absolute atomic E-state index is 11.9. The molecule has 0 saturated carbocycles. The van der Waals surface area contributed by atoms with Crippen molar-refractivity contribution in [1.29, 1.82) is 0 Å². The molecule has 0 saturated heterocycles. The lowest BCUT2D eigenvalue weighted by Gasteiger charge is -2.23. The van der Waals surface area contributed by atoms with E-state index in [9.17, 15) is 4.79 Å². The lowest BCUT2D eigenvalue weighted by atomic mass is 10.3. The van der Waals surface area contributed by atoms with Crippen LogP contribution in [0.2, 0.25) is 0 Å². The molecule has 0 aliphatic carbocycles. The molecular weight excluding hydrogens is 208 g/mol. The van der Waals surface area contributed by atoms with Crippen molar-refractivity contribution in [1.82, 2.24) is 4.90 Å². The van der Waals surface area contributed by atoms with E-state index in [4.69, 9.17) is 14.9 Å². The molecule has 16 heavy (non-hydrogen) atoms. The van der Waals surface area contributed by atoms with Gasteiger partial charge in [0.15, 0.2) is 5.76 Å². The Hall–Kier alpha value is -1.33. The summed E-state index contributed by atoms with van der Waals surface area (Å²) in [5.74, 6) is 0.756. The van der Waals surface area contributed by atoms with Gasteiger partial charge in [0.25, 0.3) is 5.91 Å². The summed E-state index contributed by atoms with van der Waals surface area (Å²) in [6, 6.07) is 3.35. The van der Waals surface area contributed by atoms with Gasteiger partial charge in [-0.15, -0.1) is 0 Å². The number of likely N-dealkylation sites (N-methyl/N-ethyl adjacent to an activating group) is 1. The average Bonchev–Trinajstić information content (AvgIpc) is 2.75. The molecule has 5 heteroatoms. The topological polar surface area (TPSA) is 68.7 Å². The normalized spacial score (nSPS) is 12.5. The molecule has 0 aliphatic heterocycles. The van der Waals surface area contributed by atoms with Crippen molar-refractivity contribution in [2.24, 2.45) is 5.73 Å². The van der Waals surface area contributed by atoms with E-state index in [1.54, 1.807) is 31.2 Å². The Morgan fingerprint density at radius 3 is 2.81 bits per heavy atom. The molecule has 1 amide bonds. The van der Waals surface area contributed by atoms with E-state index < -0.39 is 0 Å². The first-order chi connectivity index (χ1) is 7.60. The molecule has 0 bridgehead atoms. The van der Waals surface area contributed by atoms with Gasteiger partial charge in [0.2, 0.25) is 0 Å². The quantitative estimate of drug-likeness (QED) is 0.808. The van der Waals surface area contributed by atoms with Crippen LogP contribution in [0.25, 0.3) is 0 Å². The van der Waals surface area contributed by atoms with E-state index >= 15 is 0 Å². The fraction of sp³-hybridized carbons (Fsp3) is 0.545. The fourth-order valence-corrected chi connectivity index (χ4v) is 1.33. The Balaban J connectivity index is 2.69. The number of hydrogen-bond acceptors (Lipinski definition) is 4. The summed E-state index contributed by atoms with van der Waals surface area (Å²) in [5, 5.41) is 0. The van der Waals surface area contributed by atoms with Crippen LogP contribution in [0.5, 0.6) is 0 Å². The fourth-order valence-electron chi connectivity index (χ4n) is 1.33. The highest BCUT2D eigenvalue weighted by molar-refractivity contribution is 5.91. The smallest absolute Gasteiger partial charge is 0.289 e. The minimum Gasteiger partial charge on any atom is -0.455 e. The molecule has 90 valence electrons. The van der Waals surface area contributed by atoms with Crippen molar-refractivity contribution in [2.75, 3.05) is 20.8 Å². The van der Waals surface area contributed by atoms with E-state index in [1.807, 2.05) is 6.92 Å². The van der Waals surface area contributed by atoms with Crippen molar-refractivity contribution in [3.05, 3.63) is 23.7 Å². The zero-order valence-electron chi connectivity index (χ0n) is 9.90. The van der Waals surface area contributed by atoms with Crippen LogP contribution in [-0.4, -0.2) is 37.6 Å². The zero-order chi connectivity index (χ0) is 12.1. The van der Waals surface area contributed by atoms with Gasteiger partial charge in [0.05, 0.1) is 19.2 Å². The predicted octanol–water partition coefficient (Wildman–Crippen LogP) is 0.845. The predicted molar refractivity (Wildman–Crippen MR) is 60.0 cm³/mol. The molecule has 5 nitrogen and oxygen atoms in total. The van der Waals surface area contributed by atoms with Gasteiger partial charge in [0, 0.05) is 14.2 Å². The molecular formula is C11H18N2O3. The number of amides is 1. The maximum Gasteiger partial charge on any atom is 0.289 e. The number of furan rings is 1. The monoisotopic (exact) mass is 226 g/mol. The molecule has 1 rings (SSSR count). The highest BCUT2D eigenvalue weighted by Gasteiger charge is 2.20. The molecule has 0 aliphatic rings. The Morgan fingerprint density at radius 2 is 2.31 bits per heavy atom. The number of ether oxygens (including phenoxy) is 1. The summed E-state index contributed by atoms with van der Waals surface area (Å²) in [6.45, 7) is 2.70. The third kappa shape index (κ3) is 2.84. The van der Waals surface area contributed by atoms with Crippen molar-refractivity contribution >= 4 is 5.91 Å². The van der Waals surface area contributed by atoms with Crippen LogP contribution in [0.1, 0.15) is 23.2 Å². The van der Waals surface area contributed by atoms with Gasteiger partial charge in [-0.2, -0.15) is 0 Å². The number of methoxy groups -OCH3 is 1. The minimum absolute atomic E-state index is 0.00364. The van der Waals surface area contributed by atoms with Crippen LogP contribution in [0.15, 0.2) is 16.5 Å². The van der Waals surface area contributed by atoms with E-state index in [0.717, 1.165) is 0 Å². The third-order valence-corrected chi connectivity index (χ3v) is 2.46. The lowest BCUT2D eigenvalue weighted by molar-refractivity contribution is 0.0602. The van der Waals surface area contributed by atoms with Crippen LogP contribution in [0, 0.1) is 0 Å². The van der Waals surface area contributed by atoms with Gasteiger partial charge in [0.1, 0.15) is 5.76 Å². The van der Waals surface area contributed by atoms with E-state index in [2.05, 4.69) is 0 Å². The average molecular weight is 226 g/mol. The summed E-state index contributed by atoms with van der Waals surface area (Å²) in [6.07, 6.45) is 0. The second kappa shape index (κ2) is 5.67. The Bertz CT molecular complexity index is 349. The van der Waals surface area contributed by atoms with Gasteiger partial charge in [-0.25, -0.2) is 0 Å². The molecule has 2 N–H and O–H groups in total. The Morgan fingerprint density at radius 1 is 1.62 bits per heavy atom. The molecule has 1 aromatic heterocycles. The molecule has 0 aromatic carbocycles. The second-order valence-corrected chi connectivity index (χ2v) is 3.69. The van der Waals surface area contributed by atoms with Crippen LogP contribution in [0.3, 0.4) is 0 Å². The summed E-state index contributed by atoms with van der Waals surface area (Å²) in [5.41, 5.74) is 5.41. The highest BCUT2D eigenvalue weighted by Crippen LogP contribution is 2.11. The first-order valence-electron chi connectivity index (χ1n) is 5.15. The molecule has 0 radical (unpaired) electrons. The number of hydrogen-bond donors (Lipinski definition) is 1. The third-order valence-electron chi connectivity index (χ3n) is 2.46. The first-order valence-corrected chi connectivity index (χ1v) is 5.15. The van der Waals surface area contributed by atoms with Gasteiger partial charge < -0.3 is 19.8 Å². The Labute approximate surface area is 95.2 Å². The van der Waals surface area contributed by atoms with E-state index in [-0.39, 0.29) is 11.9 Å². The maximum atomic E-state index is 11.9. The van der Waals surface area contributed by atoms with E-state index in [1.165, 1.54) is 0 Å². The number of nitrogens with two attached hydrogens (primary N) is 1. The molecule has 0 spiro atoms. The summed E-state index contributed by atoms with van der Waals surface area (Å²) in [7, 11) is 3.32. The molecule has 1 atom stereocenters. The van der Waals surface area contributed by atoms with Gasteiger partial charge >= 0.3 is 0 Å². The molecule has 1 heterocycles. The van der Waals surface area contributed by atoms with Crippen LogP contribution < -0.4 is 5.73 Å². The largest absolute Gasteiger partial charge is 0.455 e. The van der Waals surface area contributed by atoms with Gasteiger partial charge in [-0.3, -0.25) is 4.79 Å². The van der Waals surface area contributed by atoms with Gasteiger partial charge in [-0.1, -0.05) is 0 Å². The number of nitrogens with zero attached hydrogens (tertiary/aromatic N) is 1. The summed E-state index contributed by atoms with van der Waals surface area (Å²) < 4.78 is 10.3. The first kappa shape index (κ1) is 12.7. The van der Waals surface area contributed by atoms with Crippen LogP contribution in [-0.2, 0) is 11.3 Å². The van der Waals surface area contributed by atoms with Crippen molar-refractivity contribution in [3.63, 3.8) is 0 Å². The van der Waals surface area contributed by atoms with E-state index in [0.29, 0.717) is 24.7 Å². The number of rotatable bonds is 5. The number of carbonyl (C=O) groups is 1. The lowest BCUT2D eigenvalue weighted by Crippen LogP contribution is -2.37. The van der Waals surface area contributed by atoms with Crippen molar-refractivity contribution < 1.29 is 13.9 Å². The minimum atomic E-state index is -0.163. The molecule has 1 aromatic rings. The zero-order valence-corrected chi connectivity index (χ0v) is 9.90. The van der Waals surface area contributed by atoms with Crippen LogP contribution >= 0.6 is 0 Å². The standard InChI is InChI=1S/C11H18N2O3/c1-8(7-15-3)13(2)11(14)10-5-4-9(6-12)16-10/h4-5,8H,6-7,12H2,1-3H3. The molecule has 1 unspecified atom stereocenters. The van der Waals surface area contributed by atoms with Crippen molar-refractivity contribution in [3.8, 4) is 0 Å². The SMILES string of the molecule is COCC(C)N(C)C(=O)c1ccc(CN)o1. The summed E-state index contributed by atoms with van der Waals surface area (Å²) >= 11 is 0.